The maximum atomic E-state index is 12.4. The normalized spacial score (nSPS) is 10.9. The predicted molar refractivity (Wildman–Crippen MR) is 47.6 cm³/mol. The van der Waals surface area contributed by atoms with Crippen molar-refractivity contribution in [1.29, 1.82) is 0 Å². The number of hydrogen-bond acceptors (Lipinski definition) is 2. The predicted octanol–water partition coefficient (Wildman–Crippen LogP) is 2.58. The van der Waals surface area contributed by atoms with E-state index in [9.17, 15) is 8.78 Å². The molecular weight excluding hydrogens is 244 g/mol. The van der Waals surface area contributed by atoms with Crippen molar-refractivity contribution in [3.05, 3.63) is 27.5 Å². The van der Waals surface area contributed by atoms with Gasteiger partial charge in [-0.3, -0.25) is 0 Å². The van der Waals surface area contributed by atoms with Gasteiger partial charge in [-0.15, -0.1) is 0 Å². The van der Waals surface area contributed by atoms with Gasteiger partial charge in [0.15, 0.2) is 0 Å². The van der Waals surface area contributed by atoms with Crippen molar-refractivity contribution in [3.63, 3.8) is 0 Å². The lowest BCUT2D eigenvalue weighted by Crippen LogP contribution is -2.00. The molecule has 1 heterocycles. The molecule has 0 aromatic carbocycles. The second-order valence-electron chi connectivity index (χ2n) is 2.57. The summed E-state index contributed by atoms with van der Waals surface area (Å²) in [5.74, 6) is 0. The van der Waals surface area contributed by atoms with Gasteiger partial charge in [0.05, 0.1) is 6.61 Å². The van der Waals surface area contributed by atoms with Crippen molar-refractivity contribution < 1.29 is 13.9 Å². The monoisotopic (exact) mass is 251 g/mol. The molecule has 0 fully saturated rings. The molecule has 0 aliphatic heterocycles. The van der Waals surface area contributed by atoms with E-state index in [1.807, 2.05) is 0 Å². The Morgan fingerprint density at radius 1 is 1.62 bits per heavy atom. The Morgan fingerprint density at radius 3 is 2.69 bits per heavy atom. The van der Waals surface area contributed by atoms with Crippen LogP contribution in [-0.4, -0.2) is 10.1 Å². The van der Waals surface area contributed by atoms with Crippen LogP contribution in [0.4, 0.5) is 8.78 Å². The summed E-state index contributed by atoms with van der Waals surface area (Å²) >= 11 is 3.10. The molecule has 0 atom stereocenters. The fourth-order valence-electron chi connectivity index (χ4n) is 1.04. The van der Waals surface area contributed by atoms with Crippen LogP contribution in [0.3, 0.4) is 0 Å². The highest BCUT2D eigenvalue weighted by atomic mass is 79.9. The molecule has 5 heteroatoms. The summed E-state index contributed by atoms with van der Waals surface area (Å²) in [6.45, 7) is 1.24. The summed E-state index contributed by atoms with van der Waals surface area (Å²) < 4.78 is 25.2. The van der Waals surface area contributed by atoms with Gasteiger partial charge in [-0.1, -0.05) is 0 Å². The number of aliphatic hydroxyl groups excluding tert-OH is 1. The van der Waals surface area contributed by atoms with Gasteiger partial charge in [-0.2, -0.15) is 0 Å². The molecule has 0 saturated carbocycles. The minimum atomic E-state index is -2.60. The van der Waals surface area contributed by atoms with Crippen LogP contribution in [0, 0.1) is 6.92 Å². The van der Waals surface area contributed by atoms with E-state index in [-0.39, 0.29) is 11.1 Å². The Bertz CT molecular complexity index is 317. The minimum Gasteiger partial charge on any atom is -0.392 e. The Hall–Kier alpha value is -0.550. The number of pyridine rings is 1. The van der Waals surface area contributed by atoms with Crippen LogP contribution in [-0.2, 0) is 6.61 Å². The molecule has 0 spiro atoms. The first-order valence-electron chi connectivity index (χ1n) is 3.60. The van der Waals surface area contributed by atoms with Crippen LogP contribution in [0.25, 0.3) is 0 Å². The summed E-state index contributed by atoms with van der Waals surface area (Å²) in [6, 6.07) is 0. The fraction of sp³-hybridized carbons (Fsp3) is 0.375. The summed E-state index contributed by atoms with van der Waals surface area (Å²) in [5, 5.41) is 8.89. The maximum Gasteiger partial charge on any atom is 0.265 e. The van der Waals surface area contributed by atoms with Crippen molar-refractivity contribution in [3.8, 4) is 0 Å². The molecule has 0 saturated heterocycles. The van der Waals surface area contributed by atoms with Crippen LogP contribution in [0.1, 0.15) is 23.1 Å². The molecule has 0 bridgehead atoms. The lowest BCUT2D eigenvalue weighted by molar-refractivity contribution is 0.146. The van der Waals surface area contributed by atoms with Gasteiger partial charge in [0.25, 0.3) is 6.43 Å². The largest absolute Gasteiger partial charge is 0.392 e. The molecule has 0 amide bonds. The number of aliphatic hydroxyl groups is 1. The SMILES string of the molecule is Cc1c(Br)ncc(C(F)F)c1CO. The molecular formula is C8H8BrF2NO. The van der Waals surface area contributed by atoms with E-state index in [1.54, 1.807) is 6.92 Å². The number of hydrogen-bond donors (Lipinski definition) is 1. The number of aromatic nitrogens is 1. The zero-order valence-corrected chi connectivity index (χ0v) is 8.48. The Morgan fingerprint density at radius 2 is 2.23 bits per heavy atom. The summed E-state index contributed by atoms with van der Waals surface area (Å²) in [5.41, 5.74) is 0.598. The number of nitrogens with zero attached hydrogens (tertiary/aromatic N) is 1. The summed E-state index contributed by atoms with van der Waals surface area (Å²) in [4.78, 5) is 3.73. The molecule has 0 aliphatic carbocycles. The van der Waals surface area contributed by atoms with Crippen LogP contribution < -0.4 is 0 Å². The van der Waals surface area contributed by atoms with Crippen molar-refractivity contribution in [1.82, 2.24) is 4.98 Å². The Labute approximate surface area is 82.7 Å². The van der Waals surface area contributed by atoms with Gasteiger partial charge < -0.3 is 5.11 Å². The standard InChI is InChI=1S/C8H8BrF2NO/c1-4-6(3-13)5(8(10)11)2-12-7(4)9/h2,8,13H,3H2,1H3. The van der Waals surface area contributed by atoms with E-state index in [1.165, 1.54) is 0 Å². The minimum absolute atomic E-state index is 0.205. The average molecular weight is 252 g/mol. The molecule has 0 aliphatic rings. The van der Waals surface area contributed by atoms with Crippen LogP contribution in [0.15, 0.2) is 10.8 Å². The van der Waals surface area contributed by atoms with Gasteiger partial charge in [0, 0.05) is 11.8 Å². The topological polar surface area (TPSA) is 33.1 Å². The summed E-state index contributed by atoms with van der Waals surface area (Å²) in [6.07, 6.45) is -1.52. The maximum absolute atomic E-state index is 12.4. The molecule has 0 radical (unpaired) electrons. The van der Waals surface area contributed by atoms with E-state index < -0.39 is 13.0 Å². The second-order valence-corrected chi connectivity index (χ2v) is 3.32. The first-order chi connectivity index (χ1) is 6.07. The van der Waals surface area contributed by atoms with Crippen molar-refractivity contribution in [2.75, 3.05) is 0 Å². The fourth-order valence-corrected chi connectivity index (χ4v) is 1.38. The Kier molecular flexibility index (Phi) is 3.33. The lowest BCUT2D eigenvalue weighted by Gasteiger charge is -2.09. The van der Waals surface area contributed by atoms with Crippen molar-refractivity contribution >= 4 is 15.9 Å². The number of rotatable bonds is 2. The van der Waals surface area contributed by atoms with Gasteiger partial charge in [-0.05, 0) is 34.0 Å². The van der Waals surface area contributed by atoms with Crippen molar-refractivity contribution in [2.45, 2.75) is 20.0 Å². The highest BCUT2D eigenvalue weighted by Crippen LogP contribution is 2.27. The van der Waals surface area contributed by atoms with Crippen LogP contribution >= 0.6 is 15.9 Å². The molecule has 1 N–H and O–H groups in total. The second kappa shape index (κ2) is 4.11. The van der Waals surface area contributed by atoms with E-state index >= 15 is 0 Å². The molecule has 0 unspecified atom stereocenters. The quantitative estimate of drug-likeness (QED) is 0.820. The van der Waals surface area contributed by atoms with Gasteiger partial charge >= 0.3 is 0 Å². The number of halogens is 3. The average Bonchev–Trinajstić information content (AvgIpc) is 2.09. The van der Waals surface area contributed by atoms with Crippen LogP contribution in [0.2, 0.25) is 0 Å². The first kappa shape index (κ1) is 10.5. The van der Waals surface area contributed by atoms with E-state index in [4.69, 9.17) is 5.11 Å². The lowest BCUT2D eigenvalue weighted by atomic mass is 10.1. The van der Waals surface area contributed by atoms with Gasteiger partial charge in [0.1, 0.15) is 4.60 Å². The van der Waals surface area contributed by atoms with Crippen molar-refractivity contribution in [2.24, 2.45) is 0 Å². The first-order valence-corrected chi connectivity index (χ1v) is 4.40. The zero-order chi connectivity index (χ0) is 10.0. The third-order valence-corrected chi connectivity index (χ3v) is 2.62. The molecule has 13 heavy (non-hydrogen) atoms. The molecule has 1 aromatic rings. The molecule has 2 nitrogen and oxygen atoms in total. The van der Waals surface area contributed by atoms with Crippen LogP contribution in [0.5, 0.6) is 0 Å². The zero-order valence-electron chi connectivity index (χ0n) is 6.89. The van der Waals surface area contributed by atoms with Gasteiger partial charge in [0.2, 0.25) is 0 Å². The molecule has 1 rings (SSSR count). The molecule has 72 valence electrons. The smallest absolute Gasteiger partial charge is 0.265 e. The van der Waals surface area contributed by atoms with Gasteiger partial charge in [-0.25, -0.2) is 13.8 Å². The molecule has 1 aromatic heterocycles. The third kappa shape index (κ3) is 2.03. The summed E-state index contributed by atoms with van der Waals surface area (Å²) in [7, 11) is 0. The van der Waals surface area contributed by atoms with E-state index in [2.05, 4.69) is 20.9 Å². The highest BCUT2D eigenvalue weighted by Gasteiger charge is 2.16. The highest BCUT2D eigenvalue weighted by molar-refractivity contribution is 9.10. The van der Waals surface area contributed by atoms with E-state index in [0.717, 1.165) is 6.20 Å². The third-order valence-electron chi connectivity index (χ3n) is 1.82. The Balaban J connectivity index is 3.30. The number of alkyl halides is 2. The van der Waals surface area contributed by atoms with E-state index in [0.29, 0.717) is 10.2 Å².